The third kappa shape index (κ3) is 5.16. The van der Waals surface area contributed by atoms with Gasteiger partial charge in [-0.1, -0.05) is 122 Å². The zero-order valence-electron chi connectivity index (χ0n) is 22.5. The van der Waals surface area contributed by atoms with Gasteiger partial charge in [0.05, 0.1) is 0 Å². The van der Waals surface area contributed by atoms with Gasteiger partial charge in [-0.2, -0.15) is 0 Å². The number of hydrogen-bond donors (Lipinski definition) is 0. The van der Waals surface area contributed by atoms with Crippen molar-refractivity contribution in [2.75, 3.05) is 0 Å². The van der Waals surface area contributed by atoms with Crippen molar-refractivity contribution in [3.8, 4) is 0 Å². The summed E-state index contributed by atoms with van der Waals surface area (Å²) in [4.78, 5) is 0. The fourth-order valence-electron chi connectivity index (χ4n) is 5.44. The minimum Gasteiger partial charge on any atom is -0.0763 e. The molecular weight excluding hydrogens is 482 g/mol. The summed E-state index contributed by atoms with van der Waals surface area (Å²) in [7, 11) is -1.17. The molecule has 0 aromatic heterocycles. The first kappa shape index (κ1) is 25.9. The Bertz CT molecular complexity index is 1340. The van der Waals surface area contributed by atoms with Crippen LogP contribution in [0.25, 0.3) is 0 Å². The molecule has 0 fully saturated rings. The molecule has 0 nitrogen and oxygen atoms in total. The Morgan fingerprint density at radius 3 is 1.57 bits per heavy atom. The van der Waals surface area contributed by atoms with Crippen molar-refractivity contribution in [3.63, 3.8) is 0 Å². The van der Waals surface area contributed by atoms with E-state index in [1.807, 2.05) is 0 Å². The summed E-state index contributed by atoms with van der Waals surface area (Å²) in [5.41, 5.74) is 6.13. The smallest absolute Gasteiger partial charge is 0.0103 e. The Morgan fingerprint density at radius 1 is 0.595 bits per heavy atom. The van der Waals surface area contributed by atoms with Gasteiger partial charge >= 0.3 is 0 Å². The first-order valence-electron chi connectivity index (χ1n) is 13.2. The zero-order valence-corrected chi connectivity index (χ0v) is 24.3. The Morgan fingerprint density at radius 2 is 1.08 bits per heavy atom. The highest BCUT2D eigenvalue weighted by molar-refractivity contribution is 7.77. The van der Waals surface area contributed by atoms with Crippen LogP contribution in [0.4, 0.5) is 0 Å². The van der Waals surface area contributed by atoms with Crippen molar-refractivity contribution in [1.29, 1.82) is 0 Å². The van der Waals surface area contributed by atoms with E-state index in [9.17, 15) is 0 Å². The van der Waals surface area contributed by atoms with Gasteiger partial charge in [-0.05, 0) is 98.0 Å². The molecule has 2 unspecified atom stereocenters. The monoisotopic (exact) mass is 518 g/mol. The number of aryl methyl sites for hydroxylation is 2. The van der Waals surface area contributed by atoms with Gasteiger partial charge in [0.25, 0.3) is 0 Å². The lowest BCUT2D eigenvalue weighted by atomic mass is 10.1. The molecular formula is C35H36P2. The van der Waals surface area contributed by atoms with E-state index in [-0.39, 0.29) is 0 Å². The molecule has 0 spiro atoms. The van der Waals surface area contributed by atoms with Crippen molar-refractivity contribution < 1.29 is 0 Å². The lowest BCUT2D eigenvalue weighted by Gasteiger charge is -2.35. The molecule has 0 aliphatic heterocycles. The van der Waals surface area contributed by atoms with Gasteiger partial charge in [-0.3, -0.25) is 0 Å². The summed E-state index contributed by atoms with van der Waals surface area (Å²) in [5.74, 6) is 0.400. The highest BCUT2D eigenvalue weighted by atomic mass is 31.1. The van der Waals surface area contributed by atoms with Crippen LogP contribution < -0.4 is 21.2 Å². The fourth-order valence-corrected chi connectivity index (χ4v) is 11.5. The largest absolute Gasteiger partial charge is 0.0763 e. The van der Waals surface area contributed by atoms with Crippen LogP contribution in [0.15, 0.2) is 121 Å². The maximum absolute atomic E-state index is 2.51. The van der Waals surface area contributed by atoms with E-state index in [0.29, 0.717) is 11.6 Å². The quantitative estimate of drug-likeness (QED) is 0.218. The molecule has 2 heteroatoms. The van der Waals surface area contributed by atoms with E-state index >= 15 is 0 Å². The predicted molar refractivity (Wildman–Crippen MR) is 167 cm³/mol. The van der Waals surface area contributed by atoms with Crippen LogP contribution in [-0.4, -0.2) is 5.66 Å². The average molecular weight is 519 g/mol. The second-order valence-electron chi connectivity index (χ2n) is 10.1. The van der Waals surface area contributed by atoms with E-state index in [4.69, 9.17) is 0 Å². The Balaban J connectivity index is 1.63. The maximum Gasteiger partial charge on any atom is 0.0103 e. The minimum absolute atomic E-state index is 0.400. The van der Waals surface area contributed by atoms with Gasteiger partial charge in [-0.15, -0.1) is 0 Å². The molecule has 1 aliphatic carbocycles. The van der Waals surface area contributed by atoms with Crippen LogP contribution >= 0.6 is 15.8 Å². The lowest BCUT2D eigenvalue weighted by Crippen LogP contribution is -2.29. The number of benzene rings is 4. The maximum atomic E-state index is 2.51. The molecule has 37 heavy (non-hydrogen) atoms. The normalized spacial score (nSPS) is 15.9. The third-order valence-electron chi connectivity index (χ3n) is 7.81. The van der Waals surface area contributed by atoms with Crippen molar-refractivity contribution in [2.45, 2.75) is 40.3 Å². The second kappa shape index (κ2) is 11.3. The molecule has 0 amide bonds. The van der Waals surface area contributed by atoms with Gasteiger partial charge in [0, 0.05) is 5.92 Å². The van der Waals surface area contributed by atoms with Crippen LogP contribution in [0.3, 0.4) is 0 Å². The van der Waals surface area contributed by atoms with Crippen molar-refractivity contribution in [2.24, 2.45) is 5.92 Å². The standard InChI is InChI=1S/C35H36P2/c1-25-15-12-22-33(27(25)3)36(34-23-13-16-26(2)28(34)4)29(5)32-21-14-24-35(32)37(30-17-8-6-9-18-30)31-19-10-7-11-20-31/h6-24,29,32H,1-5H3. The third-order valence-corrected chi connectivity index (χ3v) is 13.5. The van der Waals surface area contributed by atoms with Gasteiger partial charge < -0.3 is 0 Å². The zero-order chi connectivity index (χ0) is 25.9. The van der Waals surface area contributed by atoms with Crippen molar-refractivity contribution in [1.82, 2.24) is 0 Å². The van der Waals surface area contributed by atoms with Crippen LogP contribution in [0.5, 0.6) is 0 Å². The molecule has 0 saturated heterocycles. The van der Waals surface area contributed by atoms with Gasteiger partial charge in [0.1, 0.15) is 0 Å². The van der Waals surface area contributed by atoms with Gasteiger partial charge in [-0.25, -0.2) is 0 Å². The molecule has 0 bridgehead atoms. The van der Waals surface area contributed by atoms with Gasteiger partial charge in [0.15, 0.2) is 0 Å². The van der Waals surface area contributed by atoms with E-state index in [0.717, 1.165) is 0 Å². The van der Waals surface area contributed by atoms with E-state index in [1.54, 1.807) is 5.31 Å². The van der Waals surface area contributed by atoms with Crippen molar-refractivity contribution >= 4 is 37.1 Å². The lowest BCUT2D eigenvalue weighted by molar-refractivity contribution is 0.785. The molecule has 0 N–H and O–H groups in total. The number of rotatable bonds is 7. The Kier molecular flexibility index (Phi) is 7.90. The number of allylic oxidation sites excluding steroid dienone is 4. The summed E-state index contributed by atoms with van der Waals surface area (Å²) in [5, 5.41) is 7.49. The topological polar surface area (TPSA) is 0 Å². The molecule has 0 saturated carbocycles. The number of hydrogen-bond acceptors (Lipinski definition) is 0. The first-order chi connectivity index (χ1) is 18.0. The molecule has 4 aromatic carbocycles. The molecule has 4 aromatic rings. The molecule has 1 aliphatic rings. The Labute approximate surface area is 225 Å². The molecule has 186 valence electrons. The summed E-state index contributed by atoms with van der Waals surface area (Å²) in [6.45, 7) is 11.7. The molecule has 5 rings (SSSR count). The van der Waals surface area contributed by atoms with E-state index in [1.165, 1.54) is 43.5 Å². The summed E-state index contributed by atoms with van der Waals surface area (Å²) in [6, 6.07) is 36.1. The average Bonchev–Trinajstić information content (AvgIpc) is 3.40. The van der Waals surface area contributed by atoms with E-state index < -0.39 is 15.8 Å². The Hall–Kier alpha value is -2.78. The molecule has 2 atom stereocenters. The highest BCUT2D eigenvalue weighted by Crippen LogP contribution is 2.55. The highest BCUT2D eigenvalue weighted by Gasteiger charge is 2.35. The van der Waals surface area contributed by atoms with Crippen LogP contribution in [-0.2, 0) is 0 Å². The summed E-state index contributed by atoms with van der Waals surface area (Å²) in [6.07, 6.45) is 7.22. The summed E-state index contributed by atoms with van der Waals surface area (Å²) >= 11 is 0. The van der Waals surface area contributed by atoms with Gasteiger partial charge in [0.2, 0.25) is 0 Å². The SMILES string of the molecule is Cc1cccc(P(c2cccc(C)c2C)C(C)C2C=CC=C2P(c2ccccc2)c2ccccc2)c1C. The first-order valence-corrected chi connectivity index (χ1v) is 15.9. The fraction of sp³-hybridized carbons (Fsp3) is 0.200. The molecule has 0 radical (unpaired) electrons. The predicted octanol–water partition coefficient (Wildman–Crippen LogP) is 7.94. The second-order valence-corrected chi connectivity index (χ2v) is 14.8. The van der Waals surface area contributed by atoms with Crippen LogP contribution in [0, 0.1) is 33.6 Å². The van der Waals surface area contributed by atoms with Crippen LogP contribution in [0.2, 0.25) is 0 Å². The summed E-state index contributed by atoms with van der Waals surface area (Å²) < 4.78 is 0. The van der Waals surface area contributed by atoms with E-state index in [2.05, 4.69) is 150 Å². The minimum atomic E-state index is -0.605. The molecule has 0 heterocycles. The van der Waals surface area contributed by atoms with Crippen molar-refractivity contribution in [3.05, 3.63) is 143 Å². The van der Waals surface area contributed by atoms with Crippen LogP contribution in [0.1, 0.15) is 29.2 Å².